The van der Waals surface area contributed by atoms with Crippen LogP contribution >= 0.6 is 0 Å². The highest BCUT2D eigenvalue weighted by atomic mass is 16.5. The van der Waals surface area contributed by atoms with Gasteiger partial charge in [-0.3, -0.25) is 4.98 Å². The Morgan fingerprint density at radius 2 is 1.71 bits per heavy atom. The first-order valence-electron chi connectivity index (χ1n) is 5.54. The van der Waals surface area contributed by atoms with Crippen molar-refractivity contribution in [3.05, 3.63) is 53.9 Å². The molecule has 0 aliphatic heterocycles. The number of rotatable bonds is 3. The van der Waals surface area contributed by atoms with Gasteiger partial charge < -0.3 is 9.84 Å². The van der Waals surface area contributed by atoms with E-state index in [1.165, 1.54) is 0 Å². The number of aryl methyl sites for hydroxylation is 1. The molecular formula is C14H15NO2. The topological polar surface area (TPSA) is 42.4 Å². The summed E-state index contributed by atoms with van der Waals surface area (Å²) in [6.07, 6.45) is 1.24. The predicted octanol–water partition coefficient (Wildman–Crippen LogP) is 3.24. The van der Waals surface area contributed by atoms with Crippen LogP contribution in [-0.4, -0.2) is 10.1 Å². The number of pyridine rings is 1. The predicted molar refractivity (Wildman–Crippen MR) is 66.1 cm³/mol. The van der Waals surface area contributed by atoms with E-state index >= 15 is 0 Å². The van der Waals surface area contributed by atoms with E-state index in [4.69, 9.17) is 4.74 Å². The summed E-state index contributed by atoms with van der Waals surface area (Å²) in [4.78, 5) is 4.16. The molecule has 88 valence electrons. The van der Waals surface area contributed by atoms with Gasteiger partial charge in [0.1, 0.15) is 11.5 Å². The maximum absolute atomic E-state index is 9.38. The lowest BCUT2D eigenvalue weighted by atomic mass is 10.1. The smallest absolute Gasteiger partial charge is 0.145 e. The Bertz CT molecular complexity index is 475. The summed E-state index contributed by atoms with van der Waals surface area (Å²) in [6, 6.07) is 11.2. The third kappa shape index (κ3) is 3.04. The molecule has 1 aromatic heterocycles. The summed E-state index contributed by atoms with van der Waals surface area (Å²) in [7, 11) is 0. The van der Waals surface area contributed by atoms with Gasteiger partial charge in [-0.15, -0.1) is 0 Å². The van der Waals surface area contributed by atoms with Gasteiger partial charge in [-0.2, -0.15) is 0 Å². The number of aliphatic hydroxyl groups excluding tert-OH is 1. The molecule has 1 N–H and O–H groups in total. The molecule has 3 nitrogen and oxygen atoms in total. The molecular weight excluding hydrogens is 214 g/mol. The van der Waals surface area contributed by atoms with Crippen molar-refractivity contribution in [3.63, 3.8) is 0 Å². The Hall–Kier alpha value is -1.87. The van der Waals surface area contributed by atoms with Crippen molar-refractivity contribution in [3.8, 4) is 11.5 Å². The highest BCUT2D eigenvalue weighted by molar-refractivity contribution is 5.32. The van der Waals surface area contributed by atoms with Gasteiger partial charge in [-0.25, -0.2) is 0 Å². The quantitative estimate of drug-likeness (QED) is 0.878. The van der Waals surface area contributed by atoms with Gasteiger partial charge in [0.05, 0.1) is 12.3 Å². The number of aliphatic hydroxyl groups is 1. The van der Waals surface area contributed by atoms with Gasteiger partial charge in [-0.1, -0.05) is 12.1 Å². The van der Waals surface area contributed by atoms with E-state index in [9.17, 15) is 5.11 Å². The molecule has 0 bridgehead atoms. The molecule has 0 amide bonds. The monoisotopic (exact) mass is 229 g/mol. The minimum atomic E-state index is -0.454. The second-order valence-electron chi connectivity index (χ2n) is 3.98. The van der Waals surface area contributed by atoms with E-state index in [0.717, 1.165) is 17.0 Å². The molecule has 0 saturated carbocycles. The van der Waals surface area contributed by atoms with Crippen LogP contribution in [0.1, 0.15) is 24.3 Å². The van der Waals surface area contributed by atoms with Crippen LogP contribution in [0.15, 0.2) is 42.6 Å². The minimum Gasteiger partial charge on any atom is -0.456 e. The normalized spacial score (nSPS) is 12.2. The lowest BCUT2D eigenvalue weighted by Gasteiger charge is -2.08. The van der Waals surface area contributed by atoms with Gasteiger partial charge in [0.25, 0.3) is 0 Å². The van der Waals surface area contributed by atoms with E-state index in [2.05, 4.69) is 4.98 Å². The Labute approximate surface area is 101 Å². The molecule has 1 aromatic carbocycles. The summed E-state index contributed by atoms with van der Waals surface area (Å²) < 4.78 is 5.62. The van der Waals surface area contributed by atoms with Crippen LogP contribution in [0, 0.1) is 6.92 Å². The van der Waals surface area contributed by atoms with Crippen molar-refractivity contribution in [2.45, 2.75) is 20.0 Å². The first-order chi connectivity index (χ1) is 8.15. The third-order valence-electron chi connectivity index (χ3n) is 2.48. The second-order valence-corrected chi connectivity index (χ2v) is 3.98. The SMILES string of the molecule is Cc1ccc(Oc2ccc([C@H](C)O)cc2)cn1. The van der Waals surface area contributed by atoms with Crippen molar-refractivity contribution >= 4 is 0 Å². The summed E-state index contributed by atoms with van der Waals surface area (Å²) in [5.41, 5.74) is 1.83. The summed E-state index contributed by atoms with van der Waals surface area (Å²) in [5.74, 6) is 1.44. The third-order valence-corrected chi connectivity index (χ3v) is 2.48. The van der Waals surface area contributed by atoms with Crippen molar-refractivity contribution in [2.75, 3.05) is 0 Å². The van der Waals surface area contributed by atoms with Crippen LogP contribution in [0.4, 0.5) is 0 Å². The van der Waals surface area contributed by atoms with E-state index in [-0.39, 0.29) is 0 Å². The van der Waals surface area contributed by atoms with Crippen molar-refractivity contribution < 1.29 is 9.84 Å². The molecule has 0 saturated heterocycles. The first-order valence-corrected chi connectivity index (χ1v) is 5.54. The molecule has 1 atom stereocenters. The van der Waals surface area contributed by atoms with E-state index in [0.29, 0.717) is 5.75 Å². The molecule has 2 aromatic rings. The fraction of sp³-hybridized carbons (Fsp3) is 0.214. The van der Waals surface area contributed by atoms with Crippen LogP contribution in [0.2, 0.25) is 0 Å². The second kappa shape index (κ2) is 4.97. The standard InChI is InChI=1S/C14H15NO2/c1-10-3-6-14(9-15-10)17-13-7-4-12(5-8-13)11(2)16/h3-9,11,16H,1-2H3/t11-/m0/s1. The van der Waals surface area contributed by atoms with Gasteiger partial charge in [0, 0.05) is 5.69 Å². The lowest BCUT2D eigenvalue weighted by Crippen LogP contribution is -1.91. The largest absolute Gasteiger partial charge is 0.456 e. The van der Waals surface area contributed by atoms with Crippen molar-refractivity contribution in [1.29, 1.82) is 0 Å². The maximum atomic E-state index is 9.38. The zero-order chi connectivity index (χ0) is 12.3. The van der Waals surface area contributed by atoms with Crippen LogP contribution in [0.5, 0.6) is 11.5 Å². The summed E-state index contributed by atoms with van der Waals surface area (Å²) in [5, 5.41) is 9.38. The molecule has 0 unspecified atom stereocenters. The number of benzene rings is 1. The number of ether oxygens (including phenoxy) is 1. The highest BCUT2D eigenvalue weighted by Gasteiger charge is 2.01. The van der Waals surface area contributed by atoms with Gasteiger partial charge in [0.15, 0.2) is 0 Å². The molecule has 2 rings (SSSR count). The maximum Gasteiger partial charge on any atom is 0.145 e. The molecule has 1 heterocycles. The van der Waals surface area contributed by atoms with E-state index in [1.54, 1.807) is 13.1 Å². The fourth-order valence-electron chi connectivity index (χ4n) is 1.47. The number of hydrogen-bond acceptors (Lipinski definition) is 3. The van der Waals surface area contributed by atoms with E-state index < -0.39 is 6.10 Å². The summed E-state index contributed by atoms with van der Waals surface area (Å²) in [6.45, 7) is 3.67. The Morgan fingerprint density at radius 1 is 1.06 bits per heavy atom. The number of nitrogens with zero attached hydrogens (tertiary/aromatic N) is 1. The van der Waals surface area contributed by atoms with Crippen LogP contribution in [0.3, 0.4) is 0 Å². The summed E-state index contributed by atoms with van der Waals surface area (Å²) >= 11 is 0. The lowest BCUT2D eigenvalue weighted by molar-refractivity contribution is 0.199. The van der Waals surface area contributed by atoms with Crippen LogP contribution in [-0.2, 0) is 0 Å². The average molecular weight is 229 g/mol. The van der Waals surface area contributed by atoms with Crippen LogP contribution < -0.4 is 4.74 Å². The number of hydrogen-bond donors (Lipinski definition) is 1. The van der Waals surface area contributed by atoms with Crippen LogP contribution in [0.25, 0.3) is 0 Å². The fourth-order valence-corrected chi connectivity index (χ4v) is 1.47. The number of aromatic nitrogens is 1. The molecule has 0 fully saturated rings. The van der Waals surface area contributed by atoms with Crippen molar-refractivity contribution in [1.82, 2.24) is 4.98 Å². The average Bonchev–Trinajstić information content (AvgIpc) is 2.33. The molecule has 17 heavy (non-hydrogen) atoms. The van der Waals surface area contributed by atoms with E-state index in [1.807, 2.05) is 43.3 Å². The van der Waals surface area contributed by atoms with Crippen molar-refractivity contribution in [2.24, 2.45) is 0 Å². The molecule has 0 radical (unpaired) electrons. The molecule has 0 spiro atoms. The van der Waals surface area contributed by atoms with Gasteiger partial charge in [-0.05, 0) is 43.7 Å². The zero-order valence-corrected chi connectivity index (χ0v) is 9.92. The molecule has 0 aliphatic rings. The Morgan fingerprint density at radius 3 is 2.24 bits per heavy atom. The molecule has 3 heteroatoms. The zero-order valence-electron chi connectivity index (χ0n) is 9.92. The van der Waals surface area contributed by atoms with Gasteiger partial charge in [0.2, 0.25) is 0 Å². The Kier molecular flexibility index (Phi) is 3.40. The molecule has 0 aliphatic carbocycles. The Balaban J connectivity index is 2.11. The highest BCUT2D eigenvalue weighted by Crippen LogP contribution is 2.22. The minimum absolute atomic E-state index is 0.454. The van der Waals surface area contributed by atoms with Gasteiger partial charge >= 0.3 is 0 Å². The first kappa shape index (κ1) is 11.6.